The Morgan fingerprint density at radius 1 is 1.50 bits per heavy atom. The maximum Gasteiger partial charge on any atom is 0.287 e. The van der Waals surface area contributed by atoms with Gasteiger partial charge in [0, 0.05) is 11.3 Å². The number of nitrogens with one attached hydrogen (secondary N) is 3. The highest BCUT2D eigenvalue weighted by Crippen LogP contribution is 2.53. The lowest BCUT2D eigenvalue weighted by molar-refractivity contribution is 0.0916. The quantitative estimate of drug-likeness (QED) is 0.720. The molecule has 1 aromatic heterocycles. The van der Waals surface area contributed by atoms with Crippen LogP contribution in [0, 0.1) is 11.3 Å². The van der Waals surface area contributed by atoms with E-state index in [9.17, 15) is 4.79 Å². The molecule has 1 aromatic rings. The lowest BCUT2D eigenvalue weighted by Crippen LogP contribution is -2.39. The molecule has 2 fully saturated rings. The van der Waals surface area contributed by atoms with E-state index in [2.05, 4.69) is 15.3 Å². The number of imidazole rings is 1. The van der Waals surface area contributed by atoms with Gasteiger partial charge < -0.3 is 15.7 Å². The van der Waals surface area contributed by atoms with E-state index in [1.807, 2.05) is 6.92 Å². The first-order chi connectivity index (χ1) is 9.50. The zero-order chi connectivity index (χ0) is 14.3. The Labute approximate surface area is 118 Å². The molecule has 2 saturated carbocycles. The van der Waals surface area contributed by atoms with Gasteiger partial charge in [0.2, 0.25) is 0 Å². The summed E-state index contributed by atoms with van der Waals surface area (Å²) in [6.07, 6.45) is 8.09. The van der Waals surface area contributed by atoms with Gasteiger partial charge in [0.25, 0.3) is 5.91 Å². The third-order valence-electron chi connectivity index (χ3n) is 4.16. The van der Waals surface area contributed by atoms with E-state index >= 15 is 0 Å². The molecule has 3 rings (SSSR count). The highest BCUT2D eigenvalue weighted by atomic mass is 16.2. The number of carbonyl (C=O) groups excluding carboxylic acids is 1. The molecule has 0 radical (unpaired) electrons. The summed E-state index contributed by atoms with van der Waals surface area (Å²) in [6, 6.07) is 0. The first-order valence-electron chi connectivity index (χ1n) is 7.11. The van der Waals surface area contributed by atoms with Crippen molar-refractivity contribution in [1.29, 1.82) is 5.41 Å². The zero-order valence-corrected chi connectivity index (χ0v) is 11.9. The van der Waals surface area contributed by atoms with Gasteiger partial charge in [-0.25, -0.2) is 4.98 Å². The number of H-pyrrole nitrogens is 1. The molecule has 0 atom stereocenters. The summed E-state index contributed by atoms with van der Waals surface area (Å²) in [7, 11) is 0. The van der Waals surface area contributed by atoms with Crippen molar-refractivity contribution < 1.29 is 4.79 Å². The fourth-order valence-electron chi connectivity index (χ4n) is 2.73. The van der Waals surface area contributed by atoms with E-state index in [0.29, 0.717) is 17.5 Å². The van der Waals surface area contributed by atoms with Crippen LogP contribution in [-0.2, 0) is 0 Å². The number of hydrogen-bond acceptors (Lipinski definition) is 3. The Balaban J connectivity index is 1.70. The van der Waals surface area contributed by atoms with Crippen molar-refractivity contribution in [2.45, 2.75) is 45.1 Å². The number of carbonyl (C=O) groups is 1. The van der Waals surface area contributed by atoms with E-state index in [1.165, 1.54) is 12.8 Å². The Hall–Kier alpha value is -1.91. The van der Waals surface area contributed by atoms with Crippen LogP contribution in [0.3, 0.4) is 0 Å². The zero-order valence-electron chi connectivity index (χ0n) is 11.9. The molecule has 2 aliphatic carbocycles. The van der Waals surface area contributed by atoms with Gasteiger partial charge in [0.1, 0.15) is 0 Å². The average Bonchev–Trinajstić information content (AvgIpc) is 3.27. The van der Waals surface area contributed by atoms with Crippen molar-refractivity contribution in [1.82, 2.24) is 15.3 Å². The second-order valence-corrected chi connectivity index (χ2v) is 6.04. The van der Waals surface area contributed by atoms with Gasteiger partial charge in [-0.1, -0.05) is 0 Å². The second-order valence-electron chi connectivity index (χ2n) is 6.04. The first-order valence-corrected chi connectivity index (χ1v) is 7.11. The van der Waals surface area contributed by atoms with Crippen LogP contribution in [0.15, 0.2) is 12.3 Å². The fourth-order valence-corrected chi connectivity index (χ4v) is 2.73. The Kier molecular flexibility index (Phi) is 3.00. The SMILES string of the molecule is CC(=N)/C=C(/C)c1cnc(C(=O)NC2(C3CC3)CC2)[nH]1. The summed E-state index contributed by atoms with van der Waals surface area (Å²) in [4.78, 5) is 19.4. The third kappa shape index (κ3) is 2.53. The molecular formula is C15H20N4O. The number of aromatic nitrogens is 2. The predicted molar refractivity (Wildman–Crippen MR) is 77.8 cm³/mol. The van der Waals surface area contributed by atoms with Crippen LogP contribution < -0.4 is 5.32 Å². The van der Waals surface area contributed by atoms with E-state index < -0.39 is 0 Å². The van der Waals surface area contributed by atoms with Gasteiger partial charge in [-0.3, -0.25) is 4.79 Å². The van der Waals surface area contributed by atoms with Crippen molar-refractivity contribution in [2.75, 3.05) is 0 Å². The molecule has 3 N–H and O–H groups in total. The molecule has 1 amide bonds. The lowest BCUT2D eigenvalue weighted by Gasteiger charge is -2.15. The Morgan fingerprint density at radius 3 is 2.75 bits per heavy atom. The second kappa shape index (κ2) is 4.58. The van der Waals surface area contributed by atoms with Crippen molar-refractivity contribution >= 4 is 17.2 Å². The van der Waals surface area contributed by atoms with Crippen LogP contribution in [0.1, 0.15) is 55.8 Å². The molecule has 2 aliphatic rings. The van der Waals surface area contributed by atoms with E-state index in [1.54, 1.807) is 19.2 Å². The van der Waals surface area contributed by atoms with Crippen molar-refractivity contribution in [3.63, 3.8) is 0 Å². The van der Waals surface area contributed by atoms with Crippen LogP contribution in [0.5, 0.6) is 0 Å². The standard InChI is InChI=1S/C15H20N4O/c1-9(7-10(2)16)12-8-17-13(18-12)14(20)19-15(5-6-15)11-3-4-11/h7-8,11,16H,3-6H2,1-2H3,(H,17,18)(H,19,20)/b9-7-,16-10?. The molecule has 0 saturated heterocycles. The molecule has 1 heterocycles. The average molecular weight is 272 g/mol. The molecule has 5 nitrogen and oxygen atoms in total. The first kappa shape index (κ1) is 13.1. The summed E-state index contributed by atoms with van der Waals surface area (Å²) in [6.45, 7) is 3.62. The Bertz CT molecular complexity index is 591. The molecule has 106 valence electrons. The smallest absolute Gasteiger partial charge is 0.287 e. The monoisotopic (exact) mass is 272 g/mol. The van der Waals surface area contributed by atoms with Crippen molar-refractivity contribution in [2.24, 2.45) is 5.92 Å². The third-order valence-corrected chi connectivity index (χ3v) is 4.16. The highest BCUT2D eigenvalue weighted by molar-refractivity contribution is 5.97. The van der Waals surface area contributed by atoms with E-state index in [-0.39, 0.29) is 11.4 Å². The van der Waals surface area contributed by atoms with Crippen molar-refractivity contribution in [3.05, 3.63) is 23.8 Å². The van der Waals surface area contributed by atoms with E-state index in [0.717, 1.165) is 24.1 Å². The number of rotatable bonds is 5. The van der Waals surface area contributed by atoms with Gasteiger partial charge in [-0.15, -0.1) is 0 Å². The molecule has 0 spiro atoms. The van der Waals surface area contributed by atoms with Crippen LogP contribution in [-0.4, -0.2) is 27.1 Å². The summed E-state index contributed by atoms with van der Waals surface area (Å²) in [5.41, 5.74) is 2.25. The minimum Gasteiger partial charge on any atom is -0.344 e. The maximum absolute atomic E-state index is 12.2. The summed E-state index contributed by atoms with van der Waals surface area (Å²) in [5.74, 6) is 0.936. The molecule has 20 heavy (non-hydrogen) atoms. The summed E-state index contributed by atoms with van der Waals surface area (Å²) >= 11 is 0. The van der Waals surface area contributed by atoms with Crippen LogP contribution in [0.25, 0.3) is 5.57 Å². The number of hydrogen-bond donors (Lipinski definition) is 3. The number of nitrogens with zero attached hydrogens (tertiary/aromatic N) is 1. The molecule has 0 bridgehead atoms. The van der Waals surface area contributed by atoms with Crippen LogP contribution in [0.4, 0.5) is 0 Å². The van der Waals surface area contributed by atoms with Crippen molar-refractivity contribution in [3.8, 4) is 0 Å². The molecule has 0 aliphatic heterocycles. The topological polar surface area (TPSA) is 81.6 Å². The van der Waals surface area contributed by atoms with Gasteiger partial charge in [0.05, 0.1) is 11.9 Å². The molecule has 0 unspecified atom stereocenters. The normalized spacial score (nSPS) is 20.6. The number of aromatic amines is 1. The Morgan fingerprint density at radius 2 is 2.20 bits per heavy atom. The minimum atomic E-state index is -0.111. The summed E-state index contributed by atoms with van der Waals surface area (Å²) in [5, 5.41) is 10.6. The summed E-state index contributed by atoms with van der Waals surface area (Å²) < 4.78 is 0. The number of amides is 1. The van der Waals surface area contributed by atoms with Gasteiger partial charge in [0.15, 0.2) is 5.82 Å². The van der Waals surface area contributed by atoms with Gasteiger partial charge in [-0.2, -0.15) is 0 Å². The van der Waals surface area contributed by atoms with Crippen LogP contribution in [0.2, 0.25) is 0 Å². The molecule has 5 heteroatoms. The fraction of sp³-hybridized carbons (Fsp3) is 0.533. The largest absolute Gasteiger partial charge is 0.344 e. The van der Waals surface area contributed by atoms with Crippen LogP contribution >= 0.6 is 0 Å². The number of allylic oxidation sites excluding steroid dienone is 2. The van der Waals surface area contributed by atoms with Gasteiger partial charge in [-0.05, 0) is 57.1 Å². The predicted octanol–water partition coefficient (Wildman–Crippen LogP) is 2.53. The highest BCUT2D eigenvalue weighted by Gasteiger charge is 2.55. The van der Waals surface area contributed by atoms with Gasteiger partial charge >= 0.3 is 0 Å². The molecular weight excluding hydrogens is 252 g/mol. The minimum absolute atomic E-state index is 0.0699. The maximum atomic E-state index is 12.2. The lowest BCUT2D eigenvalue weighted by atomic mass is 10.1. The molecule has 0 aromatic carbocycles. The van der Waals surface area contributed by atoms with E-state index in [4.69, 9.17) is 5.41 Å².